The van der Waals surface area contributed by atoms with Gasteiger partial charge in [-0.15, -0.1) is 0 Å². The summed E-state index contributed by atoms with van der Waals surface area (Å²) in [5, 5.41) is 8.19. The molecule has 2 N–H and O–H groups in total. The molecule has 2 aromatic heterocycles. The number of hydrogen-bond acceptors (Lipinski definition) is 7. The van der Waals surface area contributed by atoms with Crippen LogP contribution in [0.5, 0.6) is 11.5 Å². The number of benzene rings is 4. The molecule has 2 amide bonds. The van der Waals surface area contributed by atoms with E-state index in [-0.39, 0.29) is 47.9 Å². The predicted molar refractivity (Wildman–Crippen MR) is 214 cm³/mol. The Balaban J connectivity index is 0.000000187. The lowest BCUT2D eigenvalue weighted by Gasteiger charge is -2.40. The van der Waals surface area contributed by atoms with Crippen LogP contribution < -0.4 is 44.1 Å². The maximum absolute atomic E-state index is 12.6. The van der Waals surface area contributed by atoms with Crippen molar-refractivity contribution in [3.8, 4) is 11.5 Å². The number of ether oxygens (including phenoxy) is 2. The van der Waals surface area contributed by atoms with Crippen molar-refractivity contribution in [2.75, 3.05) is 47.4 Å². The lowest BCUT2D eigenvalue weighted by Crippen LogP contribution is -3.00. The molecule has 0 bridgehead atoms. The minimum atomic E-state index is -0.125. The van der Waals surface area contributed by atoms with E-state index in [2.05, 4.69) is 46.8 Å². The molecular formula is C45H51IN4O6. The zero-order valence-corrected chi connectivity index (χ0v) is 34.5. The van der Waals surface area contributed by atoms with E-state index in [1.807, 2.05) is 84.9 Å². The van der Waals surface area contributed by atoms with Crippen LogP contribution in [0.2, 0.25) is 0 Å². The number of para-hydroxylation sites is 2. The molecule has 0 spiro atoms. The van der Waals surface area contributed by atoms with Crippen LogP contribution in [0.15, 0.2) is 118 Å². The Bertz CT molecular complexity index is 2120. The molecule has 0 aliphatic carbocycles. The van der Waals surface area contributed by atoms with E-state index in [1.54, 1.807) is 14.2 Å². The minimum absolute atomic E-state index is 0. The molecule has 0 radical (unpaired) electrons. The van der Waals surface area contributed by atoms with Gasteiger partial charge in [-0.25, -0.2) is 0 Å². The second-order valence-electron chi connectivity index (χ2n) is 15.0. The van der Waals surface area contributed by atoms with Gasteiger partial charge in [0.15, 0.2) is 11.5 Å². The first kappa shape index (κ1) is 40.8. The summed E-state index contributed by atoms with van der Waals surface area (Å²) in [6.45, 7) is 5.94. The van der Waals surface area contributed by atoms with E-state index in [4.69, 9.17) is 18.3 Å². The van der Waals surface area contributed by atoms with E-state index in [9.17, 15) is 9.59 Å². The molecule has 0 saturated carbocycles. The summed E-state index contributed by atoms with van der Waals surface area (Å²) in [6, 6.07) is 35.9. The number of amides is 2. The van der Waals surface area contributed by atoms with Crippen molar-refractivity contribution in [3.63, 3.8) is 0 Å². The Morgan fingerprint density at radius 3 is 1.57 bits per heavy atom. The second-order valence-corrected chi connectivity index (χ2v) is 15.0. The molecule has 2 aliphatic rings. The summed E-state index contributed by atoms with van der Waals surface area (Å²) < 4.78 is 22.8. The zero-order valence-electron chi connectivity index (χ0n) is 32.3. The van der Waals surface area contributed by atoms with Gasteiger partial charge in [-0.3, -0.25) is 14.5 Å². The number of fused-ring (bicyclic) bond motifs is 2. The number of carbonyl (C=O) groups is 2. The van der Waals surface area contributed by atoms with Crippen molar-refractivity contribution in [1.29, 1.82) is 0 Å². The highest BCUT2D eigenvalue weighted by molar-refractivity contribution is 5.97. The Morgan fingerprint density at radius 1 is 0.661 bits per heavy atom. The third-order valence-corrected chi connectivity index (χ3v) is 10.9. The van der Waals surface area contributed by atoms with Crippen LogP contribution in [0, 0.1) is 0 Å². The fourth-order valence-corrected chi connectivity index (χ4v) is 7.59. The standard InChI is InChI=1S/C23H26N2O3.C22H24N2O3.HI/c1-25(16-17-7-9-20(27-2)10-8-17)13-11-19(12-14-25)24-23(26)22-15-18-5-3-4-6-21(18)28-22;1-26-19-8-6-16(7-9-19)15-24-12-10-18(11-13-24)23-22(25)21-14-17-4-2-3-5-20(17)27-21;/h3-10,15,19H,11-14,16H2,1-2H3;2-9,14,18H,10-13,15H2,1H3,(H,23,25);1H. The van der Waals surface area contributed by atoms with Gasteiger partial charge in [0.25, 0.3) is 11.8 Å². The van der Waals surface area contributed by atoms with E-state index in [1.165, 1.54) is 11.1 Å². The third-order valence-electron chi connectivity index (χ3n) is 10.9. The summed E-state index contributed by atoms with van der Waals surface area (Å²) in [5.41, 5.74) is 4.09. The molecule has 8 rings (SSSR count). The summed E-state index contributed by atoms with van der Waals surface area (Å²) in [5.74, 6) is 2.30. The molecule has 2 aliphatic heterocycles. The molecule has 4 heterocycles. The van der Waals surface area contributed by atoms with Gasteiger partial charge in [-0.2, -0.15) is 0 Å². The summed E-state index contributed by atoms with van der Waals surface area (Å²) in [7, 11) is 5.66. The first-order chi connectivity index (χ1) is 26.8. The summed E-state index contributed by atoms with van der Waals surface area (Å²) in [6.07, 6.45) is 3.83. The molecule has 2 saturated heterocycles. The molecule has 6 aromatic rings. The number of furan rings is 2. The maximum Gasteiger partial charge on any atom is 0.287 e. The fraction of sp³-hybridized carbons (Fsp3) is 0.333. The Hall–Kier alpha value is -4.85. The van der Waals surface area contributed by atoms with Gasteiger partial charge in [0, 0.05) is 60.9 Å². The molecule has 2 fully saturated rings. The Labute approximate surface area is 345 Å². The van der Waals surface area contributed by atoms with Gasteiger partial charge in [0.05, 0.1) is 34.4 Å². The average molecular weight is 871 g/mol. The van der Waals surface area contributed by atoms with E-state index in [0.29, 0.717) is 11.5 Å². The zero-order chi connectivity index (χ0) is 38.2. The lowest BCUT2D eigenvalue weighted by molar-refractivity contribution is -0.927. The number of carbonyl (C=O) groups excluding carboxylic acids is 2. The Kier molecular flexibility index (Phi) is 13.7. The molecule has 4 aromatic carbocycles. The topological polar surface area (TPSA) is 106 Å². The van der Waals surface area contributed by atoms with Gasteiger partial charge in [0.2, 0.25) is 0 Å². The second kappa shape index (κ2) is 18.9. The minimum Gasteiger partial charge on any atom is -1.00 e. The van der Waals surface area contributed by atoms with Crippen molar-refractivity contribution in [1.82, 2.24) is 15.5 Å². The highest BCUT2D eigenvalue weighted by atomic mass is 127. The first-order valence-corrected chi connectivity index (χ1v) is 19.2. The number of rotatable bonds is 10. The normalized spacial score (nSPS) is 18.7. The van der Waals surface area contributed by atoms with Gasteiger partial charge in [-0.05, 0) is 79.1 Å². The lowest BCUT2D eigenvalue weighted by atomic mass is 10.0. The number of quaternary nitrogens is 1. The van der Waals surface area contributed by atoms with Crippen LogP contribution in [0.25, 0.3) is 21.9 Å². The maximum atomic E-state index is 12.6. The van der Waals surface area contributed by atoms with Gasteiger partial charge in [0.1, 0.15) is 29.2 Å². The van der Waals surface area contributed by atoms with Crippen LogP contribution in [-0.2, 0) is 13.1 Å². The highest BCUT2D eigenvalue weighted by Gasteiger charge is 2.31. The number of halogens is 1. The number of methoxy groups -OCH3 is 2. The van der Waals surface area contributed by atoms with Crippen LogP contribution in [0.4, 0.5) is 0 Å². The Morgan fingerprint density at radius 2 is 1.11 bits per heavy atom. The van der Waals surface area contributed by atoms with E-state index in [0.717, 1.165) is 103 Å². The number of piperidine rings is 2. The van der Waals surface area contributed by atoms with Crippen molar-refractivity contribution in [2.45, 2.75) is 50.9 Å². The fourth-order valence-electron chi connectivity index (χ4n) is 7.59. The van der Waals surface area contributed by atoms with Crippen LogP contribution in [-0.4, -0.2) is 80.7 Å². The van der Waals surface area contributed by atoms with Crippen molar-refractivity contribution >= 4 is 33.8 Å². The van der Waals surface area contributed by atoms with Crippen molar-refractivity contribution < 1.29 is 56.4 Å². The summed E-state index contributed by atoms with van der Waals surface area (Å²) in [4.78, 5) is 27.5. The molecule has 294 valence electrons. The molecule has 10 nitrogen and oxygen atoms in total. The quantitative estimate of drug-likeness (QED) is 0.150. The van der Waals surface area contributed by atoms with Crippen LogP contribution in [0.1, 0.15) is 57.9 Å². The number of hydrogen-bond donors (Lipinski definition) is 2. The first-order valence-electron chi connectivity index (χ1n) is 19.2. The summed E-state index contributed by atoms with van der Waals surface area (Å²) >= 11 is 0. The molecule has 56 heavy (non-hydrogen) atoms. The predicted octanol–water partition coefficient (Wildman–Crippen LogP) is 4.82. The molecular weight excluding hydrogens is 819 g/mol. The van der Waals surface area contributed by atoms with Crippen molar-refractivity contribution in [3.05, 3.63) is 132 Å². The van der Waals surface area contributed by atoms with Crippen LogP contribution >= 0.6 is 0 Å². The molecule has 0 unspecified atom stereocenters. The molecule has 0 atom stereocenters. The van der Waals surface area contributed by atoms with Gasteiger partial charge in [-0.1, -0.05) is 48.5 Å². The van der Waals surface area contributed by atoms with Crippen LogP contribution in [0.3, 0.4) is 0 Å². The smallest absolute Gasteiger partial charge is 0.287 e. The number of nitrogens with zero attached hydrogens (tertiary/aromatic N) is 2. The van der Waals surface area contributed by atoms with Crippen molar-refractivity contribution in [2.24, 2.45) is 0 Å². The third kappa shape index (κ3) is 10.5. The monoisotopic (exact) mass is 870 g/mol. The highest BCUT2D eigenvalue weighted by Crippen LogP contribution is 2.24. The number of nitrogens with one attached hydrogen (secondary N) is 2. The average Bonchev–Trinajstić information content (AvgIpc) is 3.86. The number of likely N-dealkylation sites (tertiary alicyclic amines) is 2. The molecule has 11 heteroatoms. The van der Waals surface area contributed by atoms with E-state index >= 15 is 0 Å². The SMILES string of the molecule is COc1ccc(CN2CCC(NC(=O)c3cc4ccccc4o3)CC2)cc1.COc1ccc(C[N+]2(C)CCC(NC(=O)c3cc4ccccc4o3)CC2)cc1.[I-]. The van der Waals surface area contributed by atoms with E-state index < -0.39 is 0 Å². The van der Waals surface area contributed by atoms with Gasteiger partial charge < -0.3 is 57.4 Å². The largest absolute Gasteiger partial charge is 1.00 e. The van der Waals surface area contributed by atoms with Gasteiger partial charge >= 0.3 is 0 Å².